The number of benzene rings is 1. The van der Waals surface area contributed by atoms with Gasteiger partial charge in [-0.2, -0.15) is 0 Å². The van der Waals surface area contributed by atoms with Crippen LogP contribution in [0.25, 0.3) is 6.08 Å². The molecule has 5 heteroatoms. The smallest absolute Gasteiger partial charge is 0.208 e. The summed E-state index contributed by atoms with van der Waals surface area (Å²) in [6, 6.07) is 4.93. The SMILES string of the molecule is CC(C)NCC1=Cc2cccc(O)c2S1(=O)=O. The maximum Gasteiger partial charge on any atom is 0.208 e. The predicted molar refractivity (Wildman–Crippen MR) is 66.4 cm³/mol. The molecular weight excluding hydrogens is 238 g/mol. The Bertz CT molecular complexity index is 573. The maximum atomic E-state index is 12.1. The summed E-state index contributed by atoms with van der Waals surface area (Å²) >= 11 is 0. The van der Waals surface area contributed by atoms with Gasteiger partial charge in [0.05, 0.1) is 4.91 Å². The van der Waals surface area contributed by atoms with Gasteiger partial charge in [0.2, 0.25) is 9.84 Å². The molecule has 1 aliphatic rings. The summed E-state index contributed by atoms with van der Waals surface area (Å²) in [6.07, 6.45) is 1.61. The van der Waals surface area contributed by atoms with Gasteiger partial charge in [0, 0.05) is 12.6 Å². The number of rotatable bonds is 3. The summed E-state index contributed by atoms with van der Waals surface area (Å²) in [4.78, 5) is 0.336. The molecule has 0 atom stereocenters. The van der Waals surface area contributed by atoms with Gasteiger partial charge in [-0.15, -0.1) is 0 Å². The lowest BCUT2D eigenvalue weighted by Crippen LogP contribution is -2.26. The number of phenols is 1. The van der Waals surface area contributed by atoms with Gasteiger partial charge < -0.3 is 10.4 Å². The topological polar surface area (TPSA) is 66.4 Å². The van der Waals surface area contributed by atoms with Crippen molar-refractivity contribution >= 4 is 15.9 Å². The fraction of sp³-hybridized carbons (Fsp3) is 0.333. The lowest BCUT2D eigenvalue weighted by molar-refractivity contribution is 0.459. The molecule has 2 rings (SSSR count). The molecule has 1 heterocycles. The van der Waals surface area contributed by atoms with Crippen LogP contribution in [0.1, 0.15) is 19.4 Å². The van der Waals surface area contributed by atoms with E-state index in [1.54, 1.807) is 18.2 Å². The average molecular weight is 253 g/mol. The highest BCUT2D eigenvalue weighted by atomic mass is 32.2. The van der Waals surface area contributed by atoms with Gasteiger partial charge in [0.25, 0.3) is 0 Å². The summed E-state index contributed by atoms with van der Waals surface area (Å²) < 4.78 is 24.3. The molecule has 0 aliphatic carbocycles. The summed E-state index contributed by atoms with van der Waals surface area (Å²) in [5.74, 6) is -0.182. The normalized spacial score (nSPS) is 17.0. The Labute approximate surface area is 101 Å². The first-order valence-electron chi connectivity index (χ1n) is 5.44. The molecular formula is C12H15NO3S. The van der Waals surface area contributed by atoms with Crippen molar-refractivity contribution in [3.8, 4) is 5.75 Å². The van der Waals surface area contributed by atoms with Gasteiger partial charge in [-0.25, -0.2) is 8.42 Å². The third-order valence-electron chi connectivity index (χ3n) is 2.64. The Hall–Kier alpha value is -1.33. The number of phenolic OH excluding ortho intramolecular Hbond substituents is 1. The van der Waals surface area contributed by atoms with E-state index in [9.17, 15) is 13.5 Å². The second-order valence-corrected chi connectivity index (χ2v) is 6.28. The number of hydrogen-bond acceptors (Lipinski definition) is 4. The highest BCUT2D eigenvalue weighted by Gasteiger charge is 2.31. The molecule has 0 saturated heterocycles. The van der Waals surface area contributed by atoms with Crippen molar-refractivity contribution in [2.75, 3.05) is 6.54 Å². The number of sulfone groups is 1. The number of aromatic hydroxyl groups is 1. The van der Waals surface area contributed by atoms with Crippen molar-refractivity contribution in [3.05, 3.63) is 28.7 Å². The van der Waals surface area contributed by atoms with E-state index < -0.39 is 9.84 Å². The van der Waals surface area contributed by atoms with Crippen molar-refractivity contribution in [3.63, 3.8) is 0 Å². The summed E-state index contributed by atoms with van der Waals surface area (Å²) in [7, 11) is -3.52. The third kappa shape index (κ3) is 2.08. The minimum absolute atomic E-state index is 0.0283. The van der Waals surface area contributed by atoms with Gasteiger partial charge in [-0.1, -0.05) is 26.0 Å². The van der Waals surface area contributed by atoms with Crippen LogP contribution in [-0.2, 0) is 9.84 Å². The van der Waals surface area contributed by atoms with Crippen molar-refractivity contribution in [2.45, 2.75) is 24.8 Å². The van der Waals surface area contributed by atoms with Crippen LogP contribution < -0.4 is 5.32 Å². The maximum absolute atomic E-state index is 12.1. The molecule has 17 heavy (non-hydrogen) atoms. The molecule has 92 valence electrons. The molecule has 0 amide bonds. The van der Waals surface area contributed by atoms with Gasteiger partial charge >= 0.3 is 0 Å². The van der Waals surface area contributed by atoms with Crippen molar-refractivity contribution in [1.29, 1.82) is 0 Å². The van der Waals surface area contributed by atoms with Crippen LogP contribution in [0.3, 0.4) is 0 Å². The summed E-state index contributed by atoms with van der Waals surface area (Å²) in [5, 5.41) is 12.7. The first kappa shape index (κ1) is 12.1. The van der Waals surface area contributed by atoms with Crippen LogP contribution in [-0.4, -0.2) is 26.1 Å². The Balaban J connectivity index is 2.40. The monoisotopic (exact) mass is 253 g/mol. The van der Waals surface area contributed by atoms with Crippen LogP contribution >= 0.6 is 0 Å². The molecule has 2 N–H and O–H groups in total. The summed E-state index contributed by atoms with van der Waals surface area (Å²) in [6.45, 7) is 4.19. The highest BCUT2D eigenvalue weighted by molar-refractivity contribution is 7.96. The Morgan fingerprint density at radius 1 is 1.35 bits per heavy atom. The fourth-order valence-corrected chi connectivity index (χ4v) is 3.38. The van der Waals surface area contributed by atoms with Gasteiger partial charge in [0.1, 0.15) is 10.6 Å². The van der Waals surface area contributed by atoms with E-state index in [0.717, 1.165) is 0 Å². The highest BCUT2D eigenvalue weighted by Crippen LogP contribution is 2.38. The minimum Gasteiger partial charge on any atom is -0.507 e. The van der Waals surface area contributed by atoms with E-state index in [4.69, 9.17) is 0 Å². The predicted octanol–water partition coefficient (Wildman–Crippen LogP) is 1.52. The zero-order valence-corrected chi connectivity index (χ0v) is 10.6. The molecule has 0 unspecified atom stereocenters. The van der Waals surface area contributed by atoms with Crippen LogP contribution in [0, 0.1) is 0 Å². The van der Waals surface area contributed by atoms with Gasteiger partial charge in [-0.3, -0.25) is 0 Å². The fourth-order valence-electron chi connectivity index (χ4n) is 1.78. The van der Waals surface area contributed by atoms with Crippen molar-refractivity contribution < 1.29 is 13.5 Å². The van der Waals surface area contributed by atoms with Crippen LogP contribution in [0.2, 0.25) is 0 Å². The Morgan fingerprint density at radius 2 is 2.06 bits per heavy atom. The lowest BCUT2D eigenvalue weighted by atomic mass is 10.2. The lowest BCUT2D eigenvalue weighted by Gasteiger charge is -2.09. The number of hydrogen-bond donors (Lipinski definition) is 2. The molecule has 0 spiro atoms. The molecule has 0 radical (unpaired) electrons. The quantitative estimate of drug-likeness (QED) is 0.857. The second-order valence-electron chi connectivity index (χ2n) is 4.35. The van der Waals surface area contributed by atoms with E-state index in [-0.39, 0.29) is 23.2 Å². The van der Waals surface area contributed by atoms with Crippen LogP contribution in [0.5, 0.6) is 5.75 Å². The minimum atomic E-state index is -3.52. The van der Waals surface area contributed by atoms with E-state index >= 15 is 0 Å². The van der Waals surface area contributed by atoms with Crippen LogP contribution in [0.4, 0.5) is 0 Å². The zero-order chi connectivity index (χ0) is 12.6. The van der Waals surface area contributed by atoms with E-state index in [0.29, 0.717) is 10.5 Å². The Kier molecular flexibility index (Phi) is 2.97. The number of nitrogens with one attached hydrogen (secondary N) is 1. The number of fused-ring (bicyclic) bond motifs is 1. The third-order valence-corrected chi connectivity index (χ3v) is 4.57. The van der Waals surface area contributed by atoms with Crippen molar-refractivity contribution in [1.82, 2.24) is 5.32 Å². The first-order chi connectivity index (χ1) is 7.93. The summed E-state index contributed by atoms with van der Waals surface area (Å²) in [5.41, 5.74) is 0.561. The molecule has 1 aliphatic heterocycles. The van der Waals surface area contributed by atoms with E-state index in [1.165, 1.54) is 6.07 Å². The molecule has 1 aromatic carbocycles. The first-order valence-corrected chi connectivity index (χ1v) is 6.92. The molecule has 4 nitrogen and oxygen atoms in total. The van der Waals surface area contributed by atoms with E-state index in [1.807, 2.05) is 13.8 Å². The zero-order valence-electron chi connectivity index (χ0n) is 9.77. The molecule has 0 aromatic heterocycles. The second kappa shape index (κ2) is 4.16. The van der Waals surface area contributed by atoms with E-state index in [2.05, 4.69) is 5.32 Å². The molecule has 0 bridgehead atoms. The Morgan fingerprint density at radius 3 is 2.65 bits per heavy atom. The van der Waals surface area contributed by atoms with Gasteiger partial charge in [-0.05, 0) is 17.7 Å². The molecule has 0 fully saturated rings. The molecule has 0 saturated carbocycles. The van der Waals surface area contributed by atoms with Crippen LogP contribution in [0.15, 0.2) is 28.0 Å². The standard InChI is InChI=1S/C12H15NO3S/c1-8(2)13-7-10-6-9-4-3-5-11(14)12(9)17(10,15)16/h3-6,8,13-14H,7H2,1-2H3. The molecule has 1 aromatic rings. The largest absolute Gasteiger partial charge is 0.507 e. The van der Waals surface area contributed by atoms with Crippen molar-refractivity contribution in [2.24, 2.45) is 0 Å². The average Bonchev–Trinajstić information content (AvgIpc) is 2.48. The van der Waals surface area contributed by atoms with Gasteiger partial charge in [0.15, 0.2) is 0 Å².